The van der Waals surface area contributed by atoms with Crippen LogP contribution >= 0.6 is 0 Å². The monoisotopic (exact) mass is 534 g/mol. The van der Waals surface area contributed by atoms with Crippen LogP contribution < -0.4 is 15.4 Å². The fraction of sp³-hybridized carbons (Fsp3) is 0.433. The summed E-state index contributed by atoms with van der Waals surface area (Å²) >= 11 is 0. The molecule has 3 aromatic rings. The molecule has 9 nitrogen and oxygen atoms in total. The van der Waals surface area contributed by atoms with Gasteiger partial charge in [-0.05, 0) is 65.2 Å². The van der Waals surface area contributed by atoms with E-state index in [1.165, 1.54) is 6.08 Å². The maximum Gasteiger partial charge on any atom is 0.318 e. The lowest BCUT2D eigenvalue weighted by molar-refractivity contribution is -0.125. The number of nitrogen functional groups attached to an aromatic ring is 1. The lowest BCUT2D eigenvalue weighted by Gasteiger charge is -2.31. The lowest BCUT2D eigenvalue weighted by Crippen LogP contribution is -2.32. The number of amides is 1. The van der Waals surface area contributed by atoms with E-state index in [-0.39, 0.29) is 17.8 Å². The van der Waals surface area contributed by atoms with E-state index < -0.39 is 0 Å². The zero-order valence-corrected chi connectivity index (χ0v) is 23.9. The molecular formula is C30H42N6O3. The smallest absolute Gasteiger partial charge is 0.318 e. The number of phenolic OH excluding ortho intramolecular Hbond substituents is 1. The van der Waals surface area contributed by atoms with Crippen molar-refractivity contribution in [2.75, 3.05) is 50.9 Å². The Bertz CT molecular complexity index is 1280. The minimum absolute atomic E-state index is 0.000410. The van der Waals surface area contributed by atoms with Crippen LogP contribution in [-0.4, -0.2) is 77.2 Å². The molecule has 2 heterocycles. The number of rotatable bonds is 9. The van der Waals surface area contributed by atoms with E-state index in [0.29, 0.717) is 18.4 Å². The number of hydrogen-bond acceptors (Lipinski definition) is 8. The number of fused-ring (bicyclic) bond motifs is 2. The van der Waals surface area contributed by atoms with Crippen LogP contribution in [0.5, 0.6) is 11.8 Å². The molecule has 0 spiro atoms. The first kappa shape index (κ1) is 29.7. The molecule has 0 fully saturated rings. The number of carbonyl (C=O) groups is 1. The fourth-order valence-corrected chi connectivity index (χ4v) is 4.57. The van der Waals surface area contributed by atoms with Gasteiger partial charge in [-0.1, -0.05) is 30.8 Å². The number of anilines is 2. The SMILES string of the molecule is C=CC(=O)N(CC)CC.CC(CCN(C)C)Oc1nc(N)c2c(n1)CN(c1cc(O)cc3ccccc13)CC2. The Hall–Kier alpha value is -3.85. The highest BCUT2D eigenvalue weighted by molar-refractivity contribution is 5.95. The Labute approximate surface area is 231 Å². The molecule has 1 aromatic heterocycles. The van der Waals surface area contributed by atoms with Crippen molar-refractivity contribution < 1.29 is 14.6 Å². The van der Waals surface area contributed by atoms with Gasteiger partial charge in [0.1, 0.15) is 17.7 Å². The molecule has 210 valence electrons. The molecule has 0 saturated carbocycles. The van der Waals surface area contributed by atoms with Crippen LogP contribution in [0.3, 0.4) is 0 Å². The maximum absolute atomic E-state index is 10.8. The molecule has 1 atom stereocenters. The fourth-order valence-electron chi connectivity index (χ4n) is 4.57. The third-order valence-corrected chi connectivity index (χ3v) is 6.78. The second-order valence-corrected chi connectivity index (χ2v) is 9.91. The summed E-state index contributed by atoms with van der Waals surface area (Å²) in [4.78, 5) is 25.9. The first-order valence-corrected chi connectivity index (χ1v) is 13.5. The van der Waals surface area contributed by atoms with Gasteiger partial charge in [0.25, 0.3) is 0 Å². The summed E-state index contributed by atoms with van der Waals surface area (Å²) in [5.74, 6) is 0.769. The molecule has 1 amide bonds. The van der Waals surface area contributed by atoms with Gasteiger partial charge >= 0.3 is 6.01 Å². The Morgan fingerprint density at radius 1 is 1.23 bits per heavy atom. The number of phenols is 1. The van der Waals surface area contributed by atoms with Gasteiger partial charge in [0, 0.05) is 48.9 Å². The number of benzene rings is 2. The Morgan fingerprint density at radius 3 is 2.59 bits per heavy atom. The average molecular weight is 535 g/mol. The van der Waals surface area contributed by atoms with E-state index >= 15 is 0 Å². The summed E-state index contributed by atoms with van der Waals surface area (Å²) in [6.45, 7) is 13.1. The molecule has 4 rings (SSSR count). The first-order chi connectivity index (χ1) is 18.7. The zero-order chi connectivity index (χ0) is 28.5. The van der Waals surface area contributed by atoms with Crippen LogP contribution in [0, 0.1) is 0 Å². The quantitative estimate of drug-likeness (QED) is 0.393. The van der Waals surface area contributed by atoms with Gasteiger partial charge in [-0.25, -0.2) is 0 Å². The Kier molecular flexibility index (Phi) is 10.5. The zero-order valence-electron chi connectivity index (χ0n) is 23.9. The molecule has 9 heteroatoms. The normalized spacial score (nSPS) is 13.3. The van der Waals surface area contributed by atoms with Crippen molar-refractivity contribution in [2.45, 2.75) is 46.3 Å². The van der Waals surface area contributed by atoms with Gasteiger partial charge in [0.2, 0.25) is 5.91 Å². The molecule has 1 unspecified atom stereocenters. The van der Waals surface area contributed by atoms with Gasteiger partial charge in [0.15, 0.2) is 0 Å². The minimum atomic E-state index is -0.000410. The van der Waals surface area contributed by atoms with Crippen LogP contribution in [0.2, 0.25) is 0 Å². The van der Waals surface area contributed by atoms with E-state index in [2.05, 4.69) is 32.4 Å². The van der Waals surface area contributed by atoms with Crippen LogP contribution in [0.25, 0.3) is 10.8 Å². The van der Waals surface area contributed by atoms with E-state index in [4.69, 9.17) is 10.5 Å². The number of carbonyl (C=O) groups excluding carboxylic acids is 1. The number of hydrogen-bond donors (Lipinski definition) is 2. The number of likely N-dealkylation sites (N-methyl/N-ethyl adjacent to an activating group) is 1. The van der Waals surface area contributed by atoms with Gasteiger partial charge in [-0.3, -0.25) is 4.79 Å². The standard InChI is InChI=1S/C23H29N5O2.C7H13NO/c1-15(8-10-27(2)3)30-23-25-20-14-28(11-9-19(20)22(24)26-23)21-13-17(29)12-16-6-4-5-7-18(16)21;1-4-7(9)8(5-2)6-3/h4-7,12-13,15,29H,8-11,14H2,1-3H3,(H2,24,25,26);4H,1,5-6H2,2-3H3. The number of nitrogens with two attached hydrogens (primary N) is 1. The minimum Gasteiger partial charge on any atom is -0.508 e. The van der Waals surface area contributed by atoms with E-state index in [0.717, 1.165) is 66.7 Å². The molecule has 1 aliphatic rings. The predicted molar refractivity (Wildman–Crippen MR) is 158 cm³/mol. The largest absolute Gasteiger partial charge is 0.508 e. The summed E-state index contributed by atoms with van der Waals surface area (Å²) in [5, 5.41) is 12.3. The number of nitrogens with zero attached hydrogens (tertiary/aromatic N) is 5. The van der Waals surface area contributed by atoms with Crippen molar-refractivity contribution in [1.29, 1.82) is 0 Å². The molecule has 0 bridgehead atoms. The van der Waals surface area contributed by atoms with Crippen molar-refractivity contribution in [1.82, 2.24) is 19.8 Å². The third-order valence-electron chi connectivity index (χ3n) is 6.78. The highest BCUT2D eigenvalue weighted by Crippen LogP contribution is 2.35. The third kappa shape index (κ3) is 7.83. The highest BCUT2D eigenvalue weighted by atomic mass is 16.5. The van der Waals surface area contributed by atoms with Crippen molar-refractivity contribution in [3.05, 3.63) is 60.3 Å². The number of aromatic nitrogens is 2. The first-order valence-electron chi connectivity index (χ1n) is 13.5. The van der Waals surface area contributed by atoms with E-state index in [1.54, 1.807) is 11.0 Å². The number of aromatic hydroxyl groups is 1. The van der Waals surface area contributed by atoms with Gasteiger partial charge < -0.3 is 30.3 Å². The molecule has 39 heavy (non-hydrogen) atoms. The van der Waals surface area contributed by atoms with Gasteiger partial charge in [-0.15, -0.1) is 0 Å². The highest BCUT2D eigenvalue weighted by Gasteiger charge is 2.24. The lowest BCUT2D eigenvalue weighted by atomic mass is 10.0. The Morgan fingerprint density at radius 2 is 1.95 bits per heavy atom. The maximum atomic E-state index is 10.8. The van der Waals surface area contributed by atoms with Crippen molar-refractivity contribution in [3.63, 3.8) is 0 Å². The summed E-state index contributed by atoms with van der Waals surface area (Å²) in [6.07, 6.45) is 2.98. The van der Waals surface area contributed by atoms with Crippen LogP contribution in [0.1, 0.15) is 38.4 Å². The molecular weight excluding hydrogens is 492 g/mol. The molecule has 0 aliphatic carbocycles. The Balaban J connectivity index is 0.000000403. The van der Waals surface area contributed by atoms with Crippen molar-refractivity contribution in [2.24, 2.45) is 0 Å². The summed E-state index contributed by atoms with van der Waals surface area (Å²) < 4.78 is 5.95. The molecule has 0 radical (unpaired) electrons. The van der Waals surface area contributed by atoms with E-state index in [1.807, 2.05) is 59.1 Å². The summed E-state index contributed by atoms with van der Waals surface area (Å²) in [5.41, 5.74) is 9.11. The van der Waals surface area contributed by atoms with Crippen LogP contribution in [-0.2, 0) is 17.8 Å². The number of ether oxygens (including phenoxy) is 1. The molecule has 3 N–H and O–H groups in total. The molecule has 1 aliphatic heterocycles. The topological polar surface area (TPSA) is 108 Å². The van der Waals surface area contributed by atoms with E-state index in [9.17, 15) is 9.90 Å². The van der Waals surface area contributed by atoms with Gasteiger partial charge in [-0.2, -0.15) is 9.97 Å². The van der Waals surface area contributed by atoms with Crippen molar-refractivity contribution in [3.8, 4) is 11.8 Å². The predicted octanol–water partition coefficient (Wildman–Crippen LogP) is 4.24. The van der Waals surface area contributed by atoms with Crippen LogP contribution in [0.4, 0.5) is 11.5 Å². The molecule has 0 saturated heterocycles. The second kappa shape index (κ2) is 13.8. The molecule has 2 aromatic carbocycles. The van der Waals surface area contributed by atoms with Crippen molar-refractivity contribution >= 4 is 28.2 Å². The summed E-state index contributed by atoms with van der Waals surface area (Å²) in [6, 6.07) is 12.0. The average Bonchev–Trinajstić information content (AvgIpc) is 2.92. The van der Waals surface area contributed by atoms with Gasteiger partial charge in [0.05, 0.1) is 12.2 Å². The second-order valence-electron chi connectivity index (χ2n) is 9.91. The summed E-state index contributed by atoms with van der Waals surface area (Å²) in [7, 11) is 4.08. The van der Waals surface area contributed by atoms with Crippen LogP contribution in [0.15, 0.2) is 49.1 Å².